The minimum absolute atomic E-state index is 0.0282. The number of rotatable bonds is 10. The van der Waals surface area contributed by atoms with Crippen LogP contribution in [-0.2, 0) is 76.3 Å². The summed E-state index contributed by atoms with van der Waals surface area (Å²) in [5.41, 5.74) is 2.58. The molecule has 0 saturated heterocycles. The molecule has 3 amide bonds. The lowest BCUT2D eigenvalue weighted by molar-refractivity contribution is -0.123. The van der Waals surface area contributed by atoms with Gasteiger partial charge < -0.3 is 29.7 Å². The number of carbonyl (C=O) groups is 3. The molecule has 3 N–H and O–H groups in total. The number of benzene rings is 2. The van der Waals surface area contributed by atoms with Gasteiger partial charge in [-0.2, -0.15) is 0 Å². The van der Waals surface area contributed by atoms with Crippen molar-refractivity contribution in [3.63, 3.8) is 0 Å². The van der Waals surface area contributed by atoms with Gasteiger partial charge in [0.1, 0.15) is 19.6 Å². The van der Waals surface area contributed by atoms with Crippen LogP contribution in [0, 0.1) is 13.8 Å². The first kappa shape index (κ1) is 51.2. The number of fused-ring (bicyclic) bond motifs is 3. The Morgan fingerprint density at radius 1 is 0.569 bits per heavy atom. The van der Waals surface area contributed by atoms with Crippen molar-refractivity contribution in [2.24, 2.45) is 42.3 Å². The Morgan fingerprint density at radius 2 is 0.986 bits per heavy atom. The van der Waals surface area contributed by atoms with E-state index in [0.29, 0.717) is 5.65 Å². The van der Waals surface area contributed by atoms with E-state index in [4.69, 9.17) is 0 Å². The summed E-state index contributed by atoms with van der Waals surface area (Å²) >= 11 is 0. The lowest BCUT2D eigenvalue weighted by atomic mass is 10.1. The van der Waals surface area contributed by atoms with Crippen LogP contribution in [0.4, 0.5) is 5.69 Å². The Balaban J connectivity index is 0.000000159. The van der Waals surface area contributed by atoms with E-state index >= 15 is 0 Å². The molecule has 1 aliphatic rings. The summed E-state index contributed by atoms with van der Waals surface area (Å²) < 4.78 is 11.3. The molecule has 0 aliphatic heterocycles. The zero-order chi connectivity index (χ0) is 52.3. The molecule has 8 aromatic rings. The average Bonchev–Trinajstić information content (AvgIpc) is 4.20. The van der Waals surface area contributed by atoms with Crippen LogP contribution in [0.1, 0.15) is 55.3 Å². The molecule has 6 heterocycles. The second kappa shape index (κ2) is 21.1. The van der Waals surface area contributed by atoms with E-state index < -0.39 is 33.7 Å². The molecule has 1 aliphatic carbocycles. The Morgan fingerprint density at radius 3 is 1.42 bits per heavy atom. The van der Waals surface area contributed by atoms with Crippen LogP contribution in [0.15, 0.2) is 96.3 Å². The van der Waals surface area contributed by atoms with Gasteiger partial charge in [0.25, 0.3) is 16.7 Å². The predicted octanol–water partition coefficient (Wildman–Crippen LogP) is 0.493. The molecule has 24 nitrogen and oxygen atoms in total. The summed E-state index contributed by atoms with van der Waals surface area (Å²) in [7, 11) is 8.85. The highest BCUT2D eigenvalue weighted by Gasteiger charge is 2.21. The third kappa shape index (κ3) is 10.4. The van der Waals surface area contributed by atoms with E-state index in [9.17, 15) is 43.2 Å². The second-order valence-corrected chi connectivity index (χ2v) is 17.9. The summed E-state index contributed by atoms with van der Waals surface area (Å²) in [4.78, 5) is 122. The number of hydrogen-bond acceptors (Lipinski definition) is 12. The van der Waals surface area contributed by atoms with Gasteiger partial charge in [0.15, 0.2) is 33.5 Å². The standard InChI is InChI=1S/2C17H19N5O3.C14H19N5O3/c1-10-5-6-12(11(2)7-10)19-13(23)8-22-9-18-15-14(22)16(24)21(4)17(25)20(15)3;1-11(12-7-5-4-6-8-12)19-13(23)9-22-10-18-15-14(22)16(24)21(3)17(25)20(15)2;1-17-12-11(13(21)18(2)14(17)22)19(8-15-12)7-10(20)16-9-5-3-4-6-9/h5-7,9H,8H2,1-4H3,(H,19,23);4-8,10-11H,9H2,1-3H3,(H,19,23);8-9H,3-7H2,1-2H3,(H,16,20). The van der Waals surface area contributed by atoms with E-state index in [1.54, 1.807) is 14.1 Å². The number of nitrogens with zero attached hydrogens (tertiary/aromatic N) is 12. The molecular weight excluding hydrogens is 931 g/mol. The Bertz CT molecular complexity index is 3760. The quantitative estimate of drug-likeness (QED) is 0.169. The molecule has 24 heteroatoms. The summed E-state index contributed by atoms with van der Waals surface area (Å²) in [6.45, 7) is 5.69. The Labute approximate surface area is 409 Å². The first-order chi connectivity index (χ1) is 34.2. The third-order valence-corrected chi connectivity index (χ3v) is 12.6. The van der Waals surface area contributed by atoms with Gasteiger partial charge in [0, 0.05) is 54.0 Å². The van der Waals surface area contributed by atoms with Crippen LogP contribution in [0.2, 0.25) is 0 Å². The van der Waals surface area contributed by atoms with Gasteiger partial charge in [-0.3, -0.25) is 56.2 Å². The van der Waals surface area contributed by atoms with Crippen LogP contribution in [-0.4, -0.2) is 79.8 Å². The molecule has 1 fully saturated rings. The first-order valence-electron chi connectivity index (χ1n) is 23.0. The van der Waals surface area contributed by atoms with Crippen molar-refractivity contribution in [2.75, 3.05) is 5.32 Å². The summed E-state index contributed by atoms with van der Waals surface area (Å²) in [5, 5.41) is 8.71. The molecule has 72 heavy (non-hydrogen) atoms. The van der Waals surface area contributed by atoms with Crippen LogP contribution < -0.4 is 49.7 Å². The van der Waals surface area contributed by atoms with Crippen molar-refractivity contribution in [3.05, 3.63) is 147 Å². The highest BCUT2D eigenvalue weighted by atomic mass is 16.2. The minimum Gasteiger partial charge on any atom is -0.352 e. The minimum atomic E-state index is -0.477. The van der Waals surface area contributed by atoms with Crippen LogP contribution in [0.3, 0.4) is 0 Å². The Kier molecular flexibility index (Phi) is 15.0. The molecule has 2 aromatic carbocycles. The number of amides is 3. The zero-order valence-corrected chi connectivity index (χ0v) is 41.5. The zero-order valence-electron chi connectivity index (χ0n) is 41.5. The maximum absolute atomic E-state index is 12.4. The fourth-order valence-corrected chi connectivity index (χ4v) is 8.61. The van der Waals surface area contributed by atoms with E-state index in [2.05, 4.69) is 30.9 Å². The lowest BCUT2D eigenvalue weighted by Crippen LogP contribution is -2.39. The largest absolute Gasteiger partial charge is 0.352 e. The van der Waals surface area contributed by atoms with Gasteiger partial charge in [-0.15, -0.1) is 0 Å². The third-order valence-electron chi connectivity index (χ3n) is 12.6. The fraction of sp³-hybridized carbons (Fsp3) is 0.375. The molecule has 0 radical (unpaired) electrons. The number of carbonyl (C=O) groups excluding carboxylic acids is 3. The normalized spacial score (nSPS) is 12.8. The van der Waals surface area contributed by atoms with Gasteiger partial charge in [0.05, 0.1) is 25.0 Å². The number of anilines is 1. The highest BCUT2D eigenvalue weighted by molar-refractivity contribution is 5.92. The predicted molar refractivity (Wildman–Crippen MR) is 269 cm³/mol. The van der Waals surface area contributed by atoms with E-state index in [-0.39, 0.29) is 77.3 Å². The van der Waals surface area contributed by atoms with Crippen LogP contribution in [0.5, 0.6) is 0 Å². The van der Waals surface area contributed by atoms with E-state index in [1.165, 1.54) is 74.6 Å². The summed E-state index contributed by atoms with van der Waals surface area (Å²) in [6, 6.07) is 15.4. The number of aromatic nitrogens is 12. The van der Waals surface area contributed by atoms with Crippen molar-refractivity contribution >= 4 is 56.9 Å². The van der Waals surface area contributed by atoms with Gasteiger partial charge >= 0.3 is 17.1 Å². The molecule has 0 spiro atoms. The number of hydrogen-bond donors (Lipinski definition) is 3. The lowest BCUT2D eigenvalue weighted by Gasteiger charge is -2.14. The number of nitrogens with one attached hydrogen (secondary N) is 3. The molecule has 6 aromatic heterocycles. The molecule has 0 bridgehead atoms. The highest BCUT2D eigenvalue weighted by Crippen LogP contribution is 2.19. The van der Waals surface area contributed by atoms with Gasteiger partial charge in [-0.05, 0) is 50.8 Å². The van der Waals surface area contributed by atoms with Crippen LogP contribution in [0.25, 0.3) is 33.5 Å². The summed E-state index contributed by atoms with van der Waals surface area (Å²) in [5.74, 6) is -0.657. The van der Waals surface area contributed by atoms with Gasteiger partial charge in [-0.25, -0.2) is 29.3 Å². The van der Waals surface area contributed by atoms with Gasteiger partial charge in [0.2, 0.25) is 17.7 Å². The first-order valence-corrected chi connectivity index (χ1v) is 23.0. The van der Waals surface area contributed by atoms with Gasteiger partial charge in [-0.1, -0.05) is 60.9 Å². The molecule has 1 saturated carbocycles. The maximum Gasteiger partial charge on any atom is 0.332 e. The van der Waals surface area contributed by atoms with E-state index in [0.717, 1.165) is 61.8 Å². The van der Waals surface area contributed by atoms with Crippen molar-refractivity contribution in [3.8, 4) is 0 Å². The maximum atomic E-state index is 12.4. The van der Waals surface area contributed by atoms with Crippen molar-refractivity contribution in [1.82, 2.24) is 66.7 Å². The topological polar surface area (TPSA) is 273 Å². The van der Waals surface area contributed by atoms with E-state index in [1.807, 2.05) is 69.3 Å². The monoisotopic (exact) mass is 987 g/mol. The second-order valence-electron chi connectivity index (χ2n) is 17.9. The smallest absolute Gasteiger partial charge is 0.332 e. The SMILES string of the molecule is CC(NC(=O)Cn1cnc2c1c(=O)n(C)c(=O)n2C)c1ccccc1.Cc1ccc(NC(=O)Cn2cnc3c2c(=O)n(C)c(=O)n3C)c(C)c1.Cn1c(=O)c2c(ncn2CC(=O)NC2CCCC2)n(C)c1=O. The summed E-state index contributed by atoms with van der Waals surface area (Å²) in [6.07, 6.45) is 8.52. The van der Waals surface area contributed by atoms with Crippen molar-refractivity contribution in [2.45, 2.75) is 78.2 Å². The molecule has 1 atom stereocenters. The Hall–Kier alpha value is -8.70. The number of aryl methyl sites for hydroxylation is 5. The number of imidazole rings is 3. The average molecular weight is 988 g/mol. The molecular formula is C48H57N15O9. The molecule has 9 rings (SSSR count). The van der Waals surface area contributed by atoms with Crippen LogP contribution >= 0.6 is 0 Å². The molecule has 1 unspecified atom stereocenters. The van der Waals surface area contributed by atoms with Crippen molar-refractivity contribution < 1.29 is 14.4 Å². The van der Waals surface area contributed by atoms with Crippen molar-refractivity contribution in [1.29, 1.82) is 0 Å². The molecule has 378 valence electrons. The fourth-order valence-electron chi connectivity index (χ4n) is 8.61.